The third-order valence-electron chi connectivity index (χ3n) is 6.88. The van der Waals surface area contributed by atoms with Crippen LogP contribution in [0.1, 0.15) is 36.2 Å². The molecule has 2 saturated heterocycles. The molecular formula is C26H32FN5O3. The van der Waals surface area contributed by atoms with E-state index in [0.717, 1.165) is 56.6 Å². The summed E-state index contributed by atoms with van der Waals surface area (Å²) in [6.07, 6.45) is 6.65. The predicted octanol–water partition coefficient (Wildman–Crippen LogP) is 2.92. The van der Waals surface area contributed by atoms with Gasteiger partial charge in [0, 0.05) is 50.3 Å². The fraction of sp³-hybridized carbons (Fsp3) is 0.500. The number of carbonyl (C=O) groups is 1. The van der Waals surface area contributed by atoms with E-state index in [1.54, 1.807) is 24.5 Å². The number of halogens is 1. The van der Waals surface area contributed by atoms with Crippen molar-refractivity contribution in [2.24, 2.45) is 0 Å². The van der Waals surface area contributed by atoms with Crippen molar-refractivity contribution >= 4 is 16.9 Å². The molecule has 5 rings (SSSR count). The van der Waals surface area contributed by atoms with Gasteiger partial charge in [0.25, 0.3) is 0 Å². The number of amides is 1. The Labute approximate surface area is 204 Å². The summed E-state index contributed by atoms with van der Waals surface area (Å²) in [7, 11) is 0. The topological polar surface area (TPSA) is 92.4 Å². The number of carbonyl (C=O) groups excluding carboxylic acids is 1. The van der Waals surface area contributed by atoms with Crippen molar-refractivity contribution in [1.82, 2.24) is 25.2 Å². The molecule has 0 aliphatic carbocycles. The van der Waals surface area contributed by atoms with Gasteiger partial charge < -0.3 is 19.8 Å². The van der Waals surface area contributed by atoms with Gasteiger partial charge in [-0.2, -0.15) is 0 Å². The van der Waals surface area contributed by atoms with Gasteiger partial charge in [-0.1, -0.05) is 18.2 Å². The highest BCUT2D eigenvalue weighted by molar-refractivity contribution is 5.82. The van der Waals surface area contributed by atoms with Gasteiger partial charge in [0.05, 0.1) is 36.2 Å². The molecule has 0 saturated carbocycles. The highest BCUT2D eigenvalue weighted by Crippen LogP contribution is 2.24. The zero-order valence-corrected chi connectivity index (χ0v) is 19.8. The standard InChI is InChI=1S/C26H32FN5O3/c27-13-19-5-1-7-21-26(19)31-24(29-21)12-25(33)30-22-15-32(20-6-3-10-34-11-8-20)16-23(22)35-17-18-4-2-9-28-14-18/h1-2,4-5,7,9,14,20,22-23H,3,6,8,10-13,15-17H2,(H,29,31)(H,30,33)/t20?,22?,23-/m0/s1. The monoisotopic (exact) mass is 481 g/mol. The van der Waals surface area contributed by atoms with Gasteiger partial charge in [0.15, 0.2) is 0 Å². The minimum Gasteiger partial charge on any atom is -0.381 e. The van der Waals surface area contributed by atoms with E-state index in [2.05, 4.69) is 25.2 Å². The van der Waals surface area contributed by atoms with Gasteiger partial charge >= 0.3 is 0 Å². The van der Waals surface area contributed by atoms with E-state index in [9.17, 15) is 9.18 Å². The summed E-state index contributed by atoms with van der Waals surface area (Å²) in [6.45, 7) is 2.94. The molecule has 2 N–H and O–H groups in total. The second-order valence-electron chi connectivity index (χ2n) is 9.34. The molecule has 35 heavy (non-hydrogen) atoms. The highest BCUT2D eigenvalue weighted by Gasteiger charge is 2.38. The minimum atomic E-state index is -0.589. The molecule has 1 amide bonds. The van der Waals surface area contributed by atoms with Gasteiger partial charge in [0.2, 0.25) is 5.91 Å². The number of fused-ring (bicyclic) bond motifs is 1. The maximum absolute atomic E-state index is 13.3. The van der Waals surface area contributed by atoms with Crippen LogP contribution in [0.25, 0.3) is 11.0 Å². The summed E-state index contributed by atoms with van der Waals surface area (Å²) in [5, 5.41) is 3.18. The van der Waals surface area contributed by atoms with Crippen LogP contribution in [0.5, 0.6) is 0 Å². The zero-order chi connectivity index (χ0) is 24.0. The van der Waals surface area contributed by atoms with E-state index in [4.69, 9.17) is 9.47 Å². The number of imidazole rings is 1. The molecule has 2 aromatic heterocycles. The summed E-state index contributed by atoms with van der Waals surface area (Å²) >= 11 is 0. The van der Waals surface area contributed by atoms with Gasteiger partial charge in [-0.3, -0.25) is 14.7 Å². The number of aromatic amines is 1. The Kier molecular flexibility index (Phi) is 7.66. The highest BCUT2D eigenvalue weighted by atomic mass is 19.1. The predicted molar refractivity (Wildman–Crippen MR) is 129 cm³/mol. The number of para-hydroxylation sites is 1. The minimum absolute atomic E-state index is 0.101. The number of likely N-dealkylation sites (tertiary alicyclic amines) is 1. The smallest absolute Gasteiger partial charge is 0.227 e. The molecular weight excluding hydrogens is 449 g/mol. The molecule has 2 unspecified atom stereocenters. The van der Waals surface area contributed by atoms with Crippen molar-refractivity contribution in [1.29, 1.82) is 0 Å². The molecule has 2 fully saturated rings. The van der Waals surface area contributed by atoms with Crippen molar-refractivity contribution in [3.8, 4) is 0 Å². The van der Waals surface area contributed by atoms with Crippen molar-refractivity contribution < 1.29 is 18.7 Å². The first-order chi connectivity index (χ1) is 17.2. The van der Waals surface area contributed by atoms with Crippen molar-refractivity contribution in [2.45, 2.75) is 57.2 Å². The number of benzene rings is 1. The van der Waals surface area contributed by atoms with E-state index in [1.807, 2.05) is 18.2 Å². The quantitative estimate of drug-likeness (QED) is 0.514. The lowest BCUT2D eigenvalue weighted by molar-refractivity contribution is -0.122. The Morgan fingerprint density at radius 2 is 2.17 bits per heavy atom. The first kappa shape index (κ1) is 23.8. The number of nitrogens with one attached hydrogen (secondary N) is 2. The molecule has 3 atom stereocenters. The summed E-state index contributed by atoms with van der Waals surface area (Å²) in [6, 6.07) is 9.52. The average molecular weight is 482 g/mol. The van der Waals surface area contributed by atoms with E-state index in [0.29, 0.717) is 29.6 Å². The van der Waals surface area contributed by atoms with Gasteiger partial charge in [0.1, 0.15) is 12.5 Å². The first-order valence-corrected chi connectivity index (χ1v) is 12.3. The van der Waals surface area contributed by atoms with Gasteiger partial charge in [-0.25, -0.2) is 9.37 Å². The van der Waals surface area contributed by atoms with Crippen molar-refractivity contribution in [2.75, 3.05) is 26.3 Å². The molecule has 2 aliphatic rings. The molecule has 0 radical (unpaired) electrons. The number of ether oxygens (including phenoxy) is 2. The van der Waals surface area contributed by atoms with Crippen LogP contribution >= 0.6 is 0 Å². The second-order valence-corrected chi connectivity index (χ2v) is 9.34. The number of nitrogens with zero attached hydrogens (tertiary/aromatic N) is 3. The van der Waals surface area contributed by atoms with Crippen LogP contribution in [0.3, 0.4) is 0 Å². The van der Waals surface area contributed by atoms with Gasteiger partial charge in [-0.05, 0) is 37.0 Å². The number of H-pyrrole nitrogens is 1. The Balaban J connectivity index is 1.25. The van der Waals surface area contributed by atoms with Crippen LogP contribution < -0.4 is 5.32 Å². The SMILES string of the molecule is O=C(Cc1nc2c(CF)cccc2[nH]1)NC1CN(C2CCCOCC2)C[C@@H]1OCc1cccnc1. The first-order valence-electron chi connectivity index (χ1n) is 12.3. The van der Waals surface area contributed by atoms with Crippen LogP contribution in [0.4, 0.5) is 4.39 Å². The summed E-state index contributed by atoms with van der Waals surface area (Å²) < 4.78 is 25.2. The van der Waals surface area contributed by atoms with Gasteiger partial charge in [-0.15, -0.1) is 0 Å². The number of aromatic nitrogens is 3. The molecule has 9 heteroatoms. The summed E-state index contributed by atoms with van der Waals surface area (Å²) in [4.78, 5) is 27.2. The molecule has 3 aromatic rings. The largest absolute Gasteiger partial charge is 0.381 e. The Hall–Kier alpha value is -2.88. The van der Waals surface area contributed by atoms with Crippen LogP contribution in [0.15, 0.2) is 42.7 Å². The summed E-state index contributed by atoms with van der Waals surface area (Å²) in [5.41, 5.74) is 2.85. The van der Waals surface area contributed by atoms with Crippen LogP contribution in [-0.2, 0) is 34.0 Å². The van der Waals surface area contributed by atoms with Crippen molar-refractivity contribution in [3.05, 3.63) is 59.7 Å². The van der Waals surface area contributed by atoms with Crippen LogP contribution in [0, 0.1) is 0 Å². The second kappa shape index (κ2) is 11.2. The Bertz CT molecular complexity index is 1120. The summed E-state index contributed by atoms with van der Waals surface area (Å²) in [5.74, 6) is 0.402. The number of hydrogen-bond donors (Lipinski definition) is 2. The maximum atomic E-state index is 13.3. The molecule has 1 aromatic carbocycles. The Morgan fingerprint density at radius 1 is 1.23 bits per heavy atom. The lowest BCUT2D eigenvalue weighted by Gasteiger charge is -2.26. The third-order valence-corrected chi connectivity index (χ3v) is 6.88. The molecule has 8 nitrogen and oxygen atoms in total. The molecule has 186 valence electrons. The van der Waals surface area contributed by atoms with Crippen molar-refractivity contribution in [3.63, 3.8) is 0 Å². The number of rotatable bonds is 8. The van der Waals surface area contributed by atoms with Crippen LogP contribution in [0.2, 0.25) is 0 Å². The number of hydrogen-bond acceptors (Lipinski definition) is 6. The third kappa shape index (κ3) is 5.86. The van der Waals surface area contributed by atoms with E-state index >= 15 is 0 Å². The Morgan fingerprint density at radius 3 is 3.03 bits per heavy atom. The molecule has 0 bridgehead atoms. The lowest BCUT2D eigenvalue weighted by atomic mass is 10.1. The average Bonchev–Trinajstić information content (AvgIpc) is 3.36. The van der Waals surface area contributed by atoms with E-state index in [-0.39, 0.29) is 24.5 Å². The van der Waals surface area contributed by atoms with Crippen LogP contribution in [-0.4, -0.2) is 70.2 Å². The molecule has 2 aliphatic heterocycles. The fourth-order valence-electron chi connectivity index (χ4n) is 5.09. The fourth-order valence-corrected chi connectivity index (χ4v) is 5.09. The maximum Gasteiger partial charge on any atom is 0.227 e. The lowest BCUT2D eigenvalue weighted by Crippen LogP contribution is -2.45. The normalized spacial score (nSPS) is 23.4. The van der Waals surface area contributed by atoms with E-state index in [1.165, 1.54) is 0 Å². The van der Waals surface area contributed by atoms with E-state index < -0.39 is 6.67 Å². The molecule has 0 spiro atoms. The number of pyridine rings is 1. The molecule has 4 heterocycles. The zero-order valence-electron chi connectivity index (χ0n) is 19.8. The number of alkyl halides is 1.